The van der Waals surface area contributed by atoms with Crippen molar-refractivity contribution in [2.75, 3.05) is 6.61 Å². The van der Waals surface area contributed by atoms with E-state index in [0.29, 0.717) is 10.6 Å². The van der Waals surface area contributed by atoms with Gasteiger partial charge in [-0.25, -0.2) is 4.39 Å². The molecule has 0 bridgehead atoms. The highest BCUT2D eigenvalue weighted by Gasteiger charge is 2.16. The Labute approximate surface area is 111 Å². The fourth-order valence-corrected chi connectivity index (χ4v) is 2.16. The Morgan fingerprint density at radius 2 is 2.00 bits per heavy atom. The molecule has 0 aliphatic rings. The number of nitrogens with one attached hydrogen (secondary N) is 1. The first kappa shape index (κ1) is 14.7. The van der Waals surface area contributed by atoms with Crippen molar-refractivity contribution in [2.45, 2.75) is 32.4 Å². The molecule has 0 amide bonds. The summed E-state index contributed by atoms with van der Waals surface area (Å²) in [6.45, 7) is 3.87. The zero-order valence-electron chi connectivity index (χ0n) is 9.80. The number of hydrogen-bond donors (Lipinski definition) is 2. The molecule has 0 spiro atoms. The van der Waals surface area contributed by atoms with E-state index < -0.39 is 5.82 Å². The van der Waals surface area contributed by atoms with Gasteiger partial charge in [0.1, 0.15) is 5.82 Å². The number of hydrogen-bond acceptors (Lipinski definition) is 2. The lowest BCUT2D eigenvalue weighted by atomic mass is 10.1. The Morgan fingerprint density at radius 1 is 1.35 bits per heavy atom. The molecular formula is C12H16Cl2FNO. The summed E-state index contributed by atoms with van der Waals surface area (Å²) in [4.78, 5) is 0. The summed E-state index contributed by atoms with van der Waals surface area (Å²) in [5, 5.41) is 12.7. The van der Waals surface area contributed by atoms with Crippen LogP contribution < -0.4 is 5.32 Å². The molecule has 1 rings (SSSR count). The van der Waals surface area contributed by atoms with Crippen LogP contribution in [0.3, 0.4) is 0 Å². The van der Waals surface area contributed by atoms with Crippen molar-refractivity contribution in [3.8, 4) is 0 Å². The van der Waals surface area contributed by atoms with Crippen LogP contribution in [0.4, 0.5) is 4.39 Å². The molecule has 0 aromatic heterocycles. The molecule has 2 atom stereocenters. The third-order valence-corrected chi connectivity index (χ3v) is 3.32. The fraction of sp³-hybridized carbons (Fsp3) is 0.500. The molecule has 17 heavy (non-hydrogen) atoms. The first-order valence-corrected chi connectivity index (χ1v) is 6.26. The maximum absolute atomic E-state index is 13.4. The van der Waals surface area contributed by atoms with Gasteiger partial charge >= 0.3 is 0 Å². The summed E-state index contributed by atoms with van der Waals surface area (Å²) in [6.07, 6.45) is 0.786. The van der Waals surface area contributed by atoms with Crippen LogP contribution in [0.2, 0.25) is 10.0 Å². The van der Waals surface area contributed by atoms with Crippen LogP contribution in [-0.4, -0.2) is 17.8 Å². The quantitative estimate of drug-likeness (QED) is 0.808. The number of rotatable bonds is 5. The zero-order valence-corrected chi connectivity index (χ0v) is 11.3. The van der Waals surface area contributed by atoms with E-state index in [2.05, 4.69) is 5.32 Å². The molecule has 2 nitrogen and oxygen atoms in total. The third kappa shape index (κ3) is 3.81. The molecule has 1 unspecified atom stereocenters. The van der Waals surface area contributed by atoms with Crippen LogP contribution in [0.25, 0.3) is 0 Å². The van der Waals surface area contributed by atoms with Gasteiger partial charge in [0.25, 0.3) is 0 Å². The Bertz CT molecular complexity index is 383. The normalized spacial score (nSPS) is 14.7. The van der Waals surface area contributed by atoms with Crippen molar-refractivity contribution < 1.29 is 9.50 Å². The lowest BCUT2D eigenvalue weighted by Crippen LogP contribution is -2.34. The summed E-state index contributed by atoms with van der Waals surface area (Å²) in [5.41, 5.74) is 0.639. The largest absolute Gasteiger partial charge is 0.395 e. The molecular weight excluding hydrogens is 264 g/mol. The second kappa shape index (κ2) is 6.55. The van der Waals surface area contributed by atoms with Crippen LogP contribution >= 0.6 is 23.2 Å². The van der Waals surface area contributed by atoms with E-state index in [1.807, 2.05) is 13.8 Å². The summed E-state index contributed by atoms with van der Waals surface area (Å²) in [7, 11) is 0. The zero-order chi connectivity index (χ0) is 13.0. The SMILES string of the molecule is CC[C@H](CO)NC(C)c1cc(F)c(Cl)cc1Cl. The first-order chi connectivity index (χ1) is 7.99. The minimum atomic E-state index is -0.489. The molecule has 0 aliphatic heterocycles. The highest BCUT2D eigenvalue weighted by Crippen LogP contribution is 2.28. The van der Waals surface area contributed by atoms with Gasteiger partial charge in [-0.15, -0.1) is 0 Å². The standard InChI is InChI=1S/C12H16Cl2FNO/c1-3-8(6-17)16-7(2)9-4-12(15)11(14)5-10(9)13/h4-5,7-8,16-17H,3,6H2,1-2H3/t7?,8-/m1/s1. The Hall–Kier alpha value is -0.350. The summed E-state index contributed by atoms with van der Waals surface area (Å²) < 4.78 is 13.4. The number of aliphatic hydroxyl groups is 1. The number of aliphatic hydroxyl groups excluding tert-OH is 1. The van der Waals surface area contributed by atoms with Gasteiger partial charge in [-0.2, -0.15) is 0 Å². The smallest absolute Gasteiger partial charge is 0.142 e. The average molecular weight is 280 g/mol. The van der Waals surface area contributed by atoms with Gasteiger partial charge < -0.3 is 10.4 Å². The van der Waals surface area contributed by atoms with E-state index in [9.17, 15) is 4.39 Å². The maximum atomic E-state index is 13.4. The molecule has 0 saturated heterocycles. The summed E-state index contributed by atoms with van der Waals surface area (Å²) >= 11 is 11.6. The molecule has 0 aliphatic carbocycles. The van der Waals surface area contributed by atoms with Gasteiger partial charge in [-0.05, 0) is 31.0 Å². The topological polar surface area (TPSA) is 32.3 Å². The van der Waals surface area contributed by atoms with Crippen molar-refractivity contribution >= 4 is 23.2 Å². The van der Waals surface area contributed by atoms with Crippen molar-refractivity contribution in [1.82, 2.24) is 5.32 Å². The van der Waals surface area contributed by atoms with Crippen molar-refractivity contribution in [3.05, 3.63) is 33.6 Å². The second-order valence-corrected chi connectivity index (χ2v) is 4.78. The first-order valence-electron chi connectivity index (χ1n) is 5.50. The predicted molar refractivity (Wildman–Crippen MR) is 69.1 cm³/mol. The van der Waals surface area contributed by atoms with Gasteiger partial charge in [-0.1, -0.05) is 30.1 Å². The van der Waals surface area contributed by atoms with Crippen LogP contribution in [-0.2, 0) is 0 Å². The second-order valence-electron chi connectivity index (χ2n) is 3.96. The molecule has 2 N–H and O–H groups in total. The summed E-state index contributed by atoms with van der Waals surface area (Å²) in [5.74, 6) is -0.489. The lowest BCUT2D eigenvalue weighted by Gasteiger charge is -2.21. The molecule has 0 heterocycles. The Morgan fingerprint density at radius 3 is 2.53 bits per heavy atom. The maximum Gasteiger partial charge on any atom is 0.142 e. The van der Waals surface area contributed by atoms with Crippen molar-refractivity contribution in [2.24, 2.45) is 0 Å². The van der Waals surface area contributed by atoms with E-state index in [1.54, 1.807) is 0 Å². The highest BCUT2D eigenvalue weighted by molar-refractivity contribution is 6.35. The third-order valence-electron chi connectivity index (χ3n) is 2.70. The molecule has 1 aromatic carbocycles. The summed E-state index contributed by atoms with van der Waals surface area (Å²) in [6, 6.07) is 2.55. The average Bonchev–Trinajstić information content (AvgIpc) is 2.30. The predicted octanol–water partition coefficient (Wildman–Crippen LogP) is 3.55. The van der Waals surface area contributed by atoms with Crippen molar-refractivity contribution in [1.29, 1.82) is 0 Å². The van der Waals surface area contributed by atoms with E-state index in [0.717, 1.165) is 6.42 Å². The monoisotopic (exact) mass is 279 g/mol. The van der Waals surface area contributed by atoms with E-state index in [4.69, 9.17) is 28.3 Å². The Balaban J connectivity index is 2.88. The van der Waals surface area contributed by atoms with Gasteiger partial charge in [-0.3, -0.25) is 0 Å². The van der Waals surface area contributed by atoms with Crippen LogP contribution in [0.15, 0.2) is 12.1 Å². The van der Waals surface area contributed by atoms with Crippen LogP contribution in [0.1, 0.15) is 31.9 Å². The molecule has 0 saturated carbocycles. The van der Waals surface area contributed by atoms with E-state index in [-0.39, 0.29) is 23.7 Å². The molecule has 96 valence electrons. The molecule has 1 aromatic rings. The number of halogens is 3. The Kier molecular flexibility index (Phi) is 5.67. The lowest BCUT2D eigenvalue weighted by molar-refractivity contribution is 0.230. The molecule has 0 fully saturated rings. The van der Waals surface area contributed by atoms with Crippen molar-refractivity contribution in [3.63, 3.8) is 0 Å². The minimum Gasteiger partial charge on any atom is -0.395 e. The van der Waals surface area contributed by atoms with Gasteiger partial charge in [0.2, 0.25) is 0 Å². The van der Waals surface area contributed by atoms with Gasteiger partial charge in [0.15, 0.2) is 0 Å². The van der Waals surface area contributed by atoms with Crippen LogP contribution in [0.5, 0.6) is 0 Å². The van der Waals surface area contributed by atoms with E-state index >= 15 is 0 Å². The van der Waals surface area contributed by atoms with Crippen LogP contribution in [0, 0.1) is 5.82 Å². The molecule has 0 radical (unpaired) electrons. The van der Waals surface area contributed by atoms with E-state index in [1.165, 1.54) is 12.1 Å². The highest BCUT2D eigenvalue weighted by atomic mass is 35.5. The van der Waals surface area contributed by atoms with Gasteiger partial charge in [0, 0.05) is 17.1 Å². The number of benzene rings is 1. The van der Waals surface area contributed by atoms with Gasteiger partial charge in [0.05, 0.1) is 11.6 Å². The molecule has 5 heteroatoms. The fourth-order valence-electron chi connectivity index (χ4n) is 1.61. The minimum absolute atomic E-state index is 0.0140.